The first kappa shape index (κ1) is 19.6. The van der Waals surface area contributed by atoms with Crippen LogP contribution in [0.1, 0.15) is 22.3 Å². The van der Waals surface area contributed by atoms with E-state index < -0.39 is 0 Å². The zero-order valence-corrected chi connectivity index (χ0v) is 18.6. The van der Waals surface area contributed by atoms with Crippen molar-refractivity contribution in [1.29, 1.82) is 0 Å². The van der Waals surface area contributed by atoms with Crippen molar-refractivity contribution in [2.75, 3.05) is 12.4 Å². The van der Waals surface area contributed by atoms with Crippen LogP contribution in [0.25, 0.3) is 22.3 Å². The van der Waals surface area contributed by atoms with Crippen molar-refractivity contribution in [2.24, 2.45) is 0 Å². The average molecular weight is 424 g/mol. The van der Waals surface area contributed by atoms with Crippen molar-refractivity contribution < 1.29 is 0 Å². The number of hydrogen-bond acceptors (Lipinski definition) is 1. The van der Waals surface area contributed by atoms with E-state index in [0.29, 0.717) is 0 Å². The highest BCUT2D eigenvalue weighted by Crippen LogP contribution is 2.56. The molecular formula is C32H25N. The summed E-state index contributed by atoms with van der Waals surface area (Å²) < 4.78 is 0. The van der Waals surface area contributed by atoms with Crippen LogP contribution < -0.4 is 5.32 Å². The van der Waals surface area contributed by atoms with Gasteiger partial charge in [0.25, 0.3) is 0 Å². The summed E-state index contributed by atoms with van der Waals surface area (Å²) in [6.07, 6.45) is 0. The number of benzene rings is 5. The molecule has 1 heteroatoms. The lowest BCUT2D eigenvalue weighted by molar-refractivity contribution is 0.769. The van der Waals surface area contributed by atoms with Gasteiger partial charge < -0.3 is 5.32 Å². The zero-order valence-electron chi connectivity index (χ0n) is 18.6. The molecule has 0 aromatic heterocycles. The molecule has 1 nitrogen and oxygen atoms in total. The molecule has 5 aromatic carbocycles. The van der Waals surface area contributed by atoms with Crippen LogP contribution in [0.15, 0.2) is 127 Å². The summed E-state index contributed by atoms with van der Waals surface area (Å²) in [5, 5.41) is 3.36. The normalized spacial score (nSPS) is 13.2. The van der Waals surface area contributed by atoms with Crippen molar-refractivity contribution in [1.82, 2.24) is 0 Å². The largest absolute Gasteiger partial charge is 0.388 e. The Morgan fingerprint density at radius 3 is 1.70 bits per heavy atom. The molecule has 0 saturated carbocycles. The molecule has 0 saturated heterocycles. The van der Waals surface area contributed by atoms with Crippen molar-refractivity contribution in [2.45, 2.75) is 5.41 Å². The third-order valence-corrected chi connectivity index (χ3v) is 6.97. The highest BCUT2D eigenvalue weighted by Gasteiger charge is 2.45. The Morgan fingerprint density at radius 2 is 1.03 bits per heavy atom. The smallest absolute Gasteiger partial charge is 0.0713 e. The minimum absolute atomic E-state index is 0.362. The predicted octanol–water partition coefficient (Wildman–Crippen LogP) is 7.76. The van der Waals surface area contributed by atoms with E-state index in [1.165, 1.54) is 44.5 Å². The molecule has 0 heterocycles. The summed E-state index contributed by atoms with van der Waals surface area (Å²) in [7, 11) is 1.99. The second-order valence-corrected chi connectivity index (χ2v) is 8.58. The Hall–Kier alpha value is -4.10. The number of rotatable bonds is 4. The molecule has 0 aliphatic heterocycles. The Balaban J connectivity index is 1.73. The van der Waals surface area contributed by atoms with Gasteiger partial charge in [0, 0.05) is 18.3 Å². The van der Waals surface area contributed by atoms with Crippen LogP contribution in [-0.2, 0) is 5.41 Å². The molecule has 1 N–H and O–H groups in total. The summed E-state index contributed by atoms with van der Waals surface area (Å²) in [5.41, 5.74) is 11.1. The maximum absolute atomic E-state index is 3.36. The molecule has 0 spiro atoms. The molecule has 0 amide bonds. The first-order valence-corrected chi connectivity index (χ1v) is 11.5. The Labute approximate surface area is 195 Å². The molecule has 0 bridgehead atoms. The van der Waals surface area contributed by atoms with E-state index >= 15 is 0 Å². The molecule has 0 unspecified atom stereocenters. The summed E-state index contributed by atoms with van der Waals surface area (Å²) in [5.74, 6) is 0. The van der Waals surface area contributed by atoms with Crippen molar-refractivity contribution in [3.8, 4) is 22.3 Å². The standard InChI is InChI=1S/C32H25N/c1-33-31-19-11-9-16-26(31)23-20-21-28-27-17-8-10-18-29(27)32(30(28)22-23,24-12-4-2-5-13-24)25-14-6-3-7-15-25/h2-22,33H,1H3. The molecule has 6 rings (SSSR count). The van der Waals surface area contributed by atoms with E-state index in [-0.39, 0.29) is 5.41 Å². The number of nitrogens with one attached hydrogen (secondary N) is 1. The summed E-state index contributed by atoms with van der Waals surface area (Å²) >= 11 is 0. The number of para-hydroxylation sites is 1. The van der Waals surface area contributed by atoms with Crippen LogP contribution in [0.5, 0.6) is 0 Å². The maximum atomic E-state index is 3.36. The van der Waals surface area contributed by atoms with Crippen LogP contribution in [0.3, 0.4) is 0 Å². The highest BCUT2D eigenvalue weighted by molar-refractivity contribution is 5.89. The predicted molar refractivity (Wildman–Crippen MR) is 139 cm³/mol. The molecule has 0 radical (unpaired) electrons. The first-order valence-electron chi connectivity index (χ1n) is 11.5. The van der Waals surface area contributed by atoms with Crippen LogP contribution in [0.4, 0.5) is 5.69 Å². The SMILES string of the molecule is CNc1ccccc1-c1ccc2c(c1)C(c1ccccc1)(c1ccccc1)c1ccccc1-2. The molecule has 0 fully saturated rings. The Morgan fingerprint density at radius 1 is 0.485 bits per heavy atom. The second kappa shape index (κ2) is 7.79. The fourth-order valence-corrected chi connectivity index (χ4v) is 5.56. The Bertz CT molecular complexity index is 1390. The van der Waals surface area contributed by atoms with Gasteiger partial charge in [-0.25, -0.2) is 0 Å². The van der Waals surface area contributed by atoms with E-state index in [0.717, 1.165) is 5.69 Å². The fourth-order valence-electron chi connectivity index (χ4n) is 5.56. The van der Waals surface area contributed by atoms with Gasteiger partial charge in [0.15, 0.2) is 0 Å². The lowest BCUT2D eigenvalue weighted by Gasteiger charge is -2.34. The molecule has 1 aliphatic carbocycles. The van der Waals surface area contributed by atoms with E-state index in [2.05, 4.69) is 133 Å². The highest BCUT2D eigenvalue weighted by atomic mass is 14.8. The molecule has 5 aromatic rings. The van der Waals surface area contributed by atoms with Gasteiger partial charge in [0.05, 0.1) is 5.41 Å². The molecular weight excluding hydrogens is 398 g/mol. The van der Waals surface area contributed by atoms with E-state index in [4.69, 9.17) is 0 Å². The fraction of sp³-hybridized carbons (Fsp3) is 0.0625. The van der Waals surface area contributed by atoms with Crippen LogP contribution in [-0.4, -0.2) is 7.05 Å². The molecule has 33 heavy (non-hydrogen) atoms. The minimum atomic E-state index is -0.362. The lowest BCUT2D eigenvalue weighted by atomic mass is 9.67. The monoisotopic (exact) mass is 423 g/mol. The third-order valence-electron chi connectivity index (χ3n) is 6.97. The third kappa shape index (κ3) is 2.86. The van der Waals surface area contributed by atoms with Gasteiger partial charge in [0.2, 0.25) is 0 Å². The van der Waals surface area contributed by atoms with Crippen molar-refractivity contribution >= 4 is 5.69 Å². The first-order chi connectivity index (χ1) is 16.3. The van der Waals surface area contributed by atoms with Gasteiger partial charge in [-0.2, -0.15) is 0 Å². The Kier molecular flexibility index (Phi) is 4.62. The van der Waals surface area contributed by atoms with E-state index in [9.17, 15) is 0 Å². The lowest BCUT2D eigenvalue weighted by Crippen LogP contribution is -2.28. The van der Waals surface area contributed by atoms with Crippen LogP contribution >= 0.6 is 0 Å². The van der Waals surface area contributed by atoms with Crippen LogP contribution in [0.2, 0.25) is 0 Å². The molecule has 0 atom stereocenters. The van der Waals surface area contributed by atoms with E-state index in [1.54, 1.807) is 0 Å². The average Bonchev–Trinajstić information content (AvgIpc) is 3.20. The number of hydrogen-bond donors (Lipinski definition) is 1. The van der Waals surface area contributed by atoms with Gasteiger partial charge in [-0.15, -0.1) is 0 Å². The number of anilines is 1. The molecule has 158 valence electrons. The van der Waals surface area contributed by atoms with Crippen LogP contribution in [0, 0.1) is 0 Å². The van der Waals surface area contributed by atoms with Crippen molar-refractivity contribution in [3.05, 3.63) is 150 Å². The summed E-state index contributed by atoms with van der Waals surface area (Å²) in [6, 6.07) is 46.3. The summed E-state index contributed by atoms with van der Waals surface area (Å²) in [4.78, 5) is 0. The van der Waals surface area contributed by atoms with Gasteiger partial charge >= 0.3 is 0 Å². The van der Waals surface area contributed by atoms with Gasteiger partial charge in [-0.05, 0) is 51.1 Å². The van der Waals surface area contributed by atoms with E-state index in [1.807, 2.05) is 7.05 Å². The van der Waals surface area contributed by atoms with Gasteiger partial charge in [-0.3, -0.25) is 0 Å². The van der Waals surface area contributed by atoms with Gasteiger partial charge in [0.1, 0.15) is 0 Å². The zero-order chi connectivity index (χ0) is 22.3. The molecule has 1 aliphatic rings. The summed E-state index contributed by atoms with van der Waals surface area (Å²) in [6.45, 7) is 0. The number of fused-ring (bicyclic) bond motifs is 3. The topological polar surface area (TPSA) is 12.0 Å². The van der Waals surface area contributed by atoms with Gasteiger partial charge in [-0.1, -0.05) is 115 Å². The maximum Gasteiger partial charge on any atom is 0.0713 e. The van der Waals surface area contributed by atoms with Crippen molar-refractivity contribution in [3.63, 3.8) is 0 Å². The quantitative estimate of drug-likeness (QED) is 0.305. The second-order valence-electron chi connectivity index (χ2n) is 8.58. The minimum Gasteiger partial charge on any atom is -0.388 e.